The van der Waals surface area contributed by atoms with Gasteiger partial charge in [-0.05, 0) is 19.3 Å². The number of aliphatic carboxylic acids is 1. The molecule has 0 radical (unpaired) electrons. The number of carbonyl (C=O) groups is 2. The number of hydrogen-bond donors (Lipinski definition) is 5. The number of carbonyl (C=O) groups excluding carboxylic acids is 1. The van der Waals surface area contributed by atoms with Crippen molar-refractivity contribution in [3.05, 3.63) is 12.7 Å². The fourth-order valence-corrected chi connectivity index (χ4v) is 1.51. The quantitative estimate of drug-likeness (QED) is 0.236. The minimum Gasteiger partial charge on any atom is -0.481 e. The molecule has 0 aromatic carbocycles. The lowest BCUT2D eigenvalue weighted by Gasteiger charge is -2.06. The predicted molar refractivity (Wildman–Crippen MR) is 68.4 cm³/mol. The molecule has 8 nitrogen and oxygen atoms in total. The number of aliphatic hydroxyl groups is 1. The molecule has 0 rings (SSSR count). The van der Waals surface area contributed by atoms with E-state index < -0.39 is 31.7 Å². The first-order valence-corrected chi connectivity index (χ1v) is 7.24. The SMILES string of the molecule is C=CCCCCC(=O)O.NC(=O)C(O)CP(=O)(O)O. The van der Waals surface area contributed by atoms with Crippen molar-refractivity contribution in [3.8, 4) is 0 Å². The Bertz CT molecular complexity index is 339. The normalized spacial score (nSPS) is 11.9. The molecule has 0 aromatic heterocycles. The number of unbranched alkanes of at least 4 members (excludes halogenated alkanes) is 2. The molecule has 0 spiro atoms. The van der Waals surface area contributed by atoms with Gasteiger partial charge < -0.3 is 25.7 Å². The van der Waals surface area contributed by atoms with Gasteiger partial charge in [0.1, 0.15) is 6.10 Å². The van der Waals surface area contributed by atoms with E-state index in [1.807, 2.05) is 6.08 Å². The van der Waals surface area contributed by atoms with Gasteiger partial charge in [0.15, 0.2) is 0 Å². The molecule has 0 saturated heterocycles. The van der Waals surface area contributed by atoms with Gasteiger partial charge >= 0.3 is 13.6 Å². The molecular formula is C10H20NO7P. The second-order valence-electron chi connectivity index (χ2n) is 3.69. The second-order valence-corrected chi connectivity index (χ2v) is 5.39. The topological polar surface area (TPSA) is 158 Å². The Morgan fingerprint density at radius 3 is 2.11 bits per heavy atom. The summed E-state index contributed by atoms with van der Waals surface area (Å²) in [6.07, 6.45) is 2.04. The van der Waals surface area contributed by atoms with Gasteiger partial charge in [0.2, 0.25) is 5.91 Å². The van der Waals surface area contributed by atoms with Crippen LogP contribution in [0.1, 0.15) is 25.7 Å². The monoisotopic (exact) mass is 297 g/mol. The van der Waals surface area contributed by atoms with Crippen molar-refractivity contribution in [3.63, 3.8) is 0 Å². The third-order valence-electron chi connectivity index (χ3n) is 1.79. The molecule has 1 amide bonds. The minimum atomic E-state index is -4.33. The van der Waals surface area contributed by atoms with E-state index in [1.165, 1.54) is 0 Å². The van der Waals surface area contributed by atoms with Crippen LogP contribution in [0.3, 0.4) is 0 Å². The van der Waals surface area contributed by atoms with Gasteiger partial charge in [-0.1, -0.05) is 6.08 Å². The van der Waals surface area contributed by atoms with Crippen LogP contribution in [0.4, 0.5) is 0 Å². The van der Waals surface area contributed by atoms with E-state index in [9.17, 15) is 14.2 Å². The van der Waals surface area contributed by atoms with Crippen molar-refractivity contribution < 1.29 is 34.2 Å². The molecule has 0 aromatic rings. The largest absolute Gasteiger partial charge is 0.481 e. The summed E-state index contributed by atoms with van der Waals surface area (Å²) < 4.78 is 10.1. The van der Waals surface area contributed by atoms with Crippen LogP contribution < -0.4 is 5.73 Å². The number of amides is 1. The standard InChI is InChI=1S/C7H12O2.C3H8NO5P/c1-2-3-4-5-6-7(8)9;4-3(6)2(5)1-10(7,8)9/h2H,1,3-6H2,(H,8,9);2,5H,1H2,(H2,4,6)(H2,7,8,9). The smallest absolute Gasteiger partial charge is 0.328 e. The predicted octanol–water partition coefficient (Wildman–Crippen LogP) is -0.172. The van der Waals surface area contributed by atoms with E-state index in [1.54, 1.807) is 0 Å². The fourth-order valence-electron chi connectivity index (χ4n) is 0.880. The zero-order chi connectivity index (χ0) is 15.5. The summed E-state index contributed by atoms with van der Waals surface area (Å²) in [4.78, 5) is 36.3. The van der Waals surface area contributed by atoms with Crippen LogP contribution >= 0.6 is 7.60 Å². The van der Waals surface area contributed by atoms with Crippen molar-refractivity contribution in [2.45, 2.75) is 31.8 Å². The van der Waals surface area contributed by atoms with Gasteiger partial charge in [0.25, 0.3) is 0 Å². The lowest BCUT2D eigenvalue weighted by molar-refractivity contribution is -0.137. The van der Waals surface area contributed by atoms with E-state index >= 15 is 0 Å². The molecule has 1 atom stereocenters. The molecule has 0 bridgehead atoms. The molecule has 0 aliphatic rings. The van der Waals surface area contributed by atoms with Gasteiger partial charge in [-0.3, -0.25) is 14.2 Å². The lowest BCUT2D eigenvalue weighted by atomic mass is 10.2. The summed E-state index contributed by atoms with van der Waals surface area (Å²) in [5.74, 6) is -1.85. The molecule has 9 heteroatoms. The van der Waals surface area contributed by atoms with E-state index in [4.69, 9.17) is 20.0 Å². The molecule has 0 saturated carbocycles. The number of nitrogens with two attached hydrogens (primary N) is 1. The van der Waals surface area contributed by atoms with E-state index in [0.717, 1.165) is 19.3 Å². The fraction of sp³-hybridized carbons (Fsp3) is 0.600. The zero-order valence-corrected chi connectivity index (χ0v) is 11.3. The van der Waals surface area contributed by atoms with Crippen LogP contribution in [0, 0.1) is 0 Å². The molecule has 1 unspecified atom stereocenters. The molecule has 6 N–H and O–H groups in total. The maximum absolute atomic E-state index is 10.1. The lowest BCUT2D eigenvalue weighted by Crippen LogP contribution is -2.31. The van der Waals surface area contributed by atoms with Gasteiger partial charge in [-0.2, -0.15) is 0 Å². The van der Waals surface area contributed by atoms with Crippen LogP contribution in [-0.2, 0) is 14.2 Å². The number of hydrogen-bond acceptors (Lipinski definition) is 4. The molecular weight excluding hydrogens is 277 g/mol. The third kappa shape index (κ3) is 19.3. The van der Waals surface area contributed by atoms with E-state index in [2.05, 4.69) is 12.3 Å². The second kappa shape index (κ2) is 10.7. The highest BCUT2D eigenvalue weighted by Gasteiger charge is 2.22. The molecule has 0 heterocycles. The maximum Gasteiger partial charge on any atom is 0.328 e. The Kier molecular flexibility index (Phi) is 11.3. The van der Waals surface area contributed by atoms with Gasteiger partial charge in [-0.25, -0.2) is 0 Å². The Balaban J connectivity index is 0. The number of carboxylic acid groups (broad SMARTS) is 1. The average molecular weight is 297 g/mol. The summed E-state index contributed by atoms with van der Waals surface area (Å²) in [6, 6.07) is 0. The summed E-state index contributed by atoms with van der Waals surface area (Å²) in [5, 5.41) is 16.7. The van der Waals surface area contributed by atoms with E-state index in [0.29, 0.717) is 0 Å². The molecule has 0 aliphatic heterocycles. The summed E-state index contributed by atoms with van der Waals surface area (Å²) in [6.45, 7) is 3.53. The number of primary amides is 1. The maximum atomic E-state index is 10.1. The molecule has 0 fully saturated rings. The number of carboxylic acids is 1. The zero-order valence-electron chi connectivity index (χ0n) is 10.4. The van der Waals surface area contributed by atoms with Crippen molar-refractivity contribution in [1.29, 1.82) is 0 Å². The van der Waals surface area contributed by atoms with Crippen molar-refractivity contribution in [2.24, 2.45) is 5.73 Å². The van der Waals surface area contributed by atoms with Gasteiger partial charge in [-0.15, -0.1) is 6.58 Å². The third-order valence-corrected chi connectivity index (χ3v) is 2.61. The van der Waals surface area contributed by atoms with E-state index in [-0.39, 0.29) is 6.42 Å². The van der Waals surface area contributed by atoms with Crippen LogP contribution in [-0.4, -0.2) is 44.1 Å². The number of allylic oxidation sites excluding steroid dienone is 1. The highest BCUT2D eigenvalue weighted by Crippen LogP contribution is 2.34. The first kappa shape index (κ1) is 20.1. The summed E-state index contributed by atoms with van der Waals surface area (Å²) >= 11 is 0. The molecule has 0 aliphatic carbocycles. The highest BCUT2D eigenvalue weighted by atomic mass is 31.2. The number of aliphatic hydroxyl groups excluding tert-OH is 1. The first-order chi connectivity index (χ1) is 8.60. The molecule has 19 heavy (non-hydrogen) atoms. The Labute approximate surface area is 111 Å². The van der Waals surface area contributed by atoms with Crippen LogP contribution in [0.2, 0.25) is 0 Å². The van der Waals surface area contributed by atoms with Crippen LogP contribution in [0.25, 0.3) is 0 Å². The van der Waals surface area contributed by atoms with Crippen molar-refractivity contribution >= 4 is 19.5 Å². The van der Waals surface area contributed by atoms with Crippen molar-refractivity contribution in [1.82, 2.24) is 0 Å². The highest BCUT2D eigenvalue weighted by molar-refractivity contribution is 7.51. The number of rotatable bonds is 8. The first-order valence-electron chi connectivity index (χ1n) is 5.44. The minimum absolute atomic E-state index is 0.286. The Hall–Kier alpha value is -1.21. The Morgan fingerprint density at radius 1 is 1.32 bits per heavy atom. The Morgan fingerprint density at radius 2 is 1.84 bits per heavy atom. The van der Waals surface area contributed by atoms with Gasteiger partial charge in [0.05, 0.1) is 6.16 Å². The summed E-state index contributed by atoms with van der Waals surface area (Å²) in [5.41, 5.74) is 4.51. The molecule has 112 valence electrons. The van der Waals surface area contributed by atoms with Crippen LogP contribution in [0.15, 0.2) is 12.7 Å². The van der Waals surface area contributed by atoms with Crippen molar-refractivity contribution in [2.75, 3.05) is 6.16 Å². The van der Waals surface area contributed by atoms with Gasteiger partial charge in [0, 0.05) is 6.42 Å². The average Bonchev–Trinajstić information content (AvgIpc) is 2.22. The van der Waals surface area contributed by atoms with Crippen LogP contribution in [0.5, 0.6) is 0 Å². The summed E-state index contributed by atoms with van der Waals surface area (Å²) in [7, 11) is -4.33.